The summed E-state index contributed by atoms with van der Waals surface area (Å²) in [7, 11) is 0. The summed E-state index contributed by atoms with van der Waals surface area (Å²) >= 11 is 1.78. The maximum atomic E-state index is 5.45. The summed E-state index contributed by atoms with van der Waals surface area (Å²) in [5.74, 6) is 1.75. The molecule has 0 unspecified atom stereocenters. The molecule has 6 rings (SSSR count). The van der Waals surface area contributed by atoms with E-state index < -0.39 is 0 Å². The zero-order chi connectivity index (χ0) is 21.3. The number of benzene rings is 1. The largest absolute Gasteiger partial charge is 0.382 e. The minimum atomic E-state index is 0.715. The molecule has 162 valence electrons. The lowest BCUT2D eigenvalue weighted by atomic mass is 10.2. The van der Waals surface area contributed by atoms with Crippen LogP contribution in [-0.4, -0.2) is 58.0 Å². The van der Waals surface area contributed by atoms with Crippen molar-refractivity contribution in [2.75, 3.05) is 54.1 Å². The molecule has 2 N–H and O–H groups in total. The zero-order valence-electron chi connectivity index (χ0n) is 17.5. The molecule has 4 aromatic rings. The van der Waals surface area contributed by atoms with Crippen LogP contribution in [0, 0.1) is 0 Å². The van der Waals surface area contributed by atoms with E-state index in [1.807, 2.05) is 23.0 Å². The van der Waals surface area contributed by atoms with Gasteiger partial charge in [0.1, 0.15) is 5.03 Å². The number of ether oxygens (including phenoxy) is 1. The first-order chi connectivity index (χ1) is 15.8. The molecular weight excluding hydrogens is 422 g/mol. The van der Waals surface area contributed by atoms with Gasteiger partial charge in [-0.2, -0.15) is 0 Å². The van der Waals surface area contributed by atoms with Gasteiger partial charge in [-0.15, -0.1) is 11.8 Å². The van der Waals surface area contributed by atoms with E-state index in [1.165, 1.54) is 5.69 Å². The van der Waals surface area contributed by atoms with Crippen LogP contribution in [0.2, 0.25) is 0 Å². The molecule has 2 aliphatic heterocycles. The fraction of sp³-hybridized carbons (Fsp3) is 0.261. The number of pyridine rings is 1. The molecule has 1 saturated heterocycles. The van der Waals surface area contributed by atoms with Gasteiger partial charge in [0.15, 0.2) is 11.5 Å². The maximum absolute atomic E-state index is 5.45. The lowest BCUT2D eigenvalue weighted by Gasteiger charge is -2.28. The van der Waals surface area contributed by atoms with Gasteiger partial charge in [0.2, 0.25) is 0 Å². The van der Waals surface area contributed by atoms with Gasteiger partial charge in [0, 0.05) is 67.1 Å². The minimum Gasteiger partial charge on any atom is -0.382 e. The van der Waals surface area contributed by atoms with Gasteiger partial charge >= 0.3 is 0 Å². The summed E-state index contributed by atoms with van der Waals surface area (Å²) in [4.78, 5) is 16.4. The topological polar surface area (TPSA) is 79.6 Å². The standard InChI is InChI=1S/C23H23N7OS/c1-3-18(29-8-10-31-11-9-29)4-2-17(1)27-21-22-25-5-7-30(22)15-20(28-21)16-13-19-23(26-14-16)32-12-6-24-19/h1-5,7,13-15,24H,6,8-12H2,(H,27,28). The summed E-state index contributed by atoms with van der Waals surface area (Å²) < 4.78 is 7.45. The van der Waals surface area contributed by atoms with Crippen molar-refractivity contribution in [3.63, 3.8) is 0 Å². The molecule has 0 spiro atoms. The van der Waals surface area contributed by atoms with Crippen LogP contribution in [0.5, 0.6) is 0 Å². The number of anilines is 4. The van der Waals surface area contributed by atoms with Crippen LogP contribution in [0.15, 0.2) is 60.1 Å². The summed E-state index contributed by atoms with van der Waals surface area (Å²) in [6.45, 7) is 4.35. The molecule has 5 heterocycles. The van der Waals surface area contributed by atoms with Gasteiger partial charge in [0.25, 0.3) is 0 Å². The van der Waals surface area contributed by atoms with Crippen LogP contribution in [0.4, 0.5) is 22.9 Å². The molecule has 8 nitrogen and oxygen atoms in total. The molecule has 0 amide bonds. The number of hydrogen-bond acceptors (Lipinski definition) is 8. The molecule has 0 bridgehead atoms. The van der Waals surface area contributed by atoms with E-state index in [0.29, 0.717) is 5.82 Å². The van der Waals surface area contributed by atoms with E-state index in [9.17, 15) is 0 Å². The predicted octanol–water partition coefficient (Wildman–Crippen LogP) is 3.89. The van der Waals surface area contributed by atoms with E-state index in [1.54, 1.807) is 18.0 Å². The summed E-state index contributed by atoms with van der Waals surface area (Å²) in [5, 5.41) is 7.94. The monoisotopic (exact) mass is 445 g/mol. The van der Waals surface area contributed by atoms with Crippen molar-refractivity contribution in [1.82, 2.24) is 19.4 Å². The second kappa shape index (κ2) is 8.33. The number of nitrogens with one attached hydrogen (secondary N) is 2. The Labute approximate surface area is 190 Å². The predicted molar refractivity (Wildman–Crippen MR) is 128 cm³/mol. The molecule has 0 saturated carbocycles. The fourth-order valence-electron chi connectivity index (χ4n) is 4.04. The second-order valence-electron chi connectivity index (χ2n) is 7.76. The van der Waals surface area contributed by atoms with Crippen LogP contribution >= 0.6 is 11.8 Å². The lowest BCUT2D eigenvalue weighted by molar-refractivity contribution is 0.122. The first kappa shape index (κ1) is 19.4. The Balaban J connectivity index is 1.31. The Morgan fingerprint density at radius 3 is 2.84 bits per heavy atom. The SMILES string of the molecule is c1cn2cc(-c3cnc4c(c3)NCCS4)nc(Nc3ccc(N4CCOCC4)cc3)c2n1. The molecule has 9 heteroatoms. The molecule has 2 aliphatic rings. The maximum Gasteiger partial charge on any atom is 0.180 e. The normalized spacial score (nSPS) is 15.9. The molecule has 0 radical (unpaired) electrons. The molecule has 32 heavy (non-hydrogen) atoms. The van der Waals surface area contributed by atoms with E-state index in [2.05, 4.69) is 55.8 Å². The zero-order valence-corrected chi connectivity index (χ0v) is 18.3. The van der Waals surface area contributed by atoms with Gasteiger partial charge in [-0.25, -0.2) is 15.0 Å². The number of aromatic nitrogens is 4. The molecule has 1 fully saturated rings. The number of thioether (sulfide) groups is 1. The smallest absolute Gasteiger partial charge is 0.180 e. The first-order valence-corrected chi connectivity index (χ1v) is 11.7. The van der Waals surface area contributed by atoms with E-state index in [4.69, 9.17) is 9.72 Å². The van der Waals surface area contributed by atoms with Crippen LogP contribution in [-0.2, 0) is 4.74 Å². The Bertz CT molecular complexity index is 1250. The molecule has 0 atom stereocenters. The van der Waals surface area contributed by atoms with Crippen molar-refractivity contribution in [2.45, 2.75) is 5.03 Å². The van der Waals surface area contributed by atoms with Crippen LogP contribution in [0.25, 0.3) is 16.9 Å². The first-order valence-electron chi connectivity index (χ1n) is 10.7. The van der Waals surface area contributed by atoms with E-state index >= 15 is 0 Å². The fourth-order valence-corrected chi connectivity index (χ4v) is 4.85. The van der Waals surface area contributed by atoms with Crippen molar-refractivity contribution in [1.29, 1.82) is 0 Å². The summed E-state index contributed by atoms with van der Waals surface area (Å²) in [6, 6.07) is 10.6. The average Bonchev–Trinajstić information content (AvgIpc) is 3.34. The quantitative estimate of drug-likeness (QED) is 0.490. The van der Waals surface area contributed by atoms with Crippen LogP contribution < -0.4 is 15.5 Å². The number of rotatable bonds is 4. The summed E-state index contributed by atoms with van der Waals surface area (Å²) in [6.07, 6.45) is 7.61. The highest BCUT2D eigenvalue weighted by Crippen LogP contribution is 2.33. The van der Waals surface area contributed by atoms with Crippen molar-refractivity contribution >= 4 is 40.3 Å². The Hall–Kier alpha value is -3.30. The van der Waals surface area contributed by atoms with Gasteiger partial charge in [-0.1, -0.05) is 0 Å². The highest BCUT2D eigenvalue weighted by Gasteiger charge is 2.15. The van der Waals surface area contributed by atoms with Crippen LogP contribution in [0.3, 0.4) is 0 Å². The van der Waals surface area contributed by atoms with Crippen molar-refractivity contribution in [3.05, 3.63) is 55.1 Å². The third-order valence-electron chi connectivity index (χ3n) is 5.68. The van der Waals surface area contributed by atoms with E-state index in [-0.39, 0.29) is 0 Å². The number of hydrogen-bond donors (Lipinski definition) is 2. The van der Waals surface area contributed by atoms with Gasteiger partial charge in [-0.05, 0) is 30.3 Å². The van der Waals surface area contributed by atoms with Gasteiger partial charge in [-0.3, -0.25) is 0 Å². The highest BCUT2D eigenvalue weighted by molar-refractivity contribution is 7.99. The number of fused-ring (bicyclic) bond motifs is 2. The minimum absolute atomic E-state index is 0.715. The van der Waals surface area contributed by atoms with Crippen molar-refractivity contribution in [2.24, 2.45) is 0 Å². The average molecular weight is 446 g/mol. The lowest BCUT2D eigenvalue weighted by Crippen LogP contribution is -2.36. The highest BCUT2D eigenvalue weighted by atomic mass is 32.2. The third kappa shape index (κ3) is 3.74. The molecule has 3 aromatic heterocycles. The van der Waals surface area contributed by atoms with Crippen molar-refractivity contribution < 1.29 is 4.74 Å². The summed E-state index contributed by atoms with van der Waals surface area (Å²) in [5.41, 5.74) is 5.84. The number of imidazole rings is 1. The molecule has 1 aromatic carbocycles. The Morgan fingerprint density at radius 1 is 1.09 bits per heavy atom. The second-order valence-corrected chi connectivity index (χ2v) is 8.84. The number of nitrogens with zero attached hydrogens (tertiary/aromatic N) is 5. The van der Waals surface area contributed by atoms with Crippen LogP contribution in [0.1, 0.15) is 0 Å². The number of morpholine rings is 1. The van der Waals surface area contributed by atoms with Gasteiger partial charge < -0.3 is 24.7 Å². The Kier molecular flexibility index (Phi) is 5.05. The third-order valence-corrected chi connectivity index (χ3v) is 6.69. The molecule has 0 aliphatic carbocycles. The van der Waals surface area contributed by atoms with E-state index in [0.717, 1.165) is 71.9 Å². The van der Waals surface area contributed by atoms with Gasteiger partial charge in [0.05, 0.1) is 24.6 Å². The molecular formula is C23H23N7OS. The Morgan fingerprint density at radius 2 is 1.97 bits per heavy atom. The van der Waals surface area contributed by atoms with Crippen molar-refractivity contribution in [3.8, 4) is 11.3 Å².